The minimum absolute atomic E-state index is 0.0261. The first-order valence-corrected chi connectivity index (χ1v) is 9.63. The summed E-state index contributed by atoms with van der Waals surface area (Å²) in [6.45, 7) is 7.00. The van der Waals surface area contributed by atoms with Crippen molar-refractivity contribution in [1.82, 2.24) is 0 Å². The lowest BCUT2D eigenvalue weighted by atomic mass is 9.65. The van der Waals surface area contributed by atoms with Gasteiger partial charge < -0.3 is 0 Å². The fraction of sp³-hybridized carbons (Fsp3) is 0.400. The zero-order chi connectivity index (χ0) is 16.2. The van der Waals surface area contributed by atoms with Crippen LogP contribution in [0, 0.1) is 5.92 Å². The predicted molar refractivity (Wildman–Crippen MR) is 103 cm³/mol. The van der Waals surface area contributed by atoms with Crippen molar-refractivity contribution in [2.45, 2.75) is 45.4 Å². The number of rotatable bonds is 6. The molecule has 2 aromatic rings. The van der Waals surface area contributed by atoms with Crippen LogP contribution < -0.4 is 0 Å². The van der Waals surface area contributed by atoms with Crippen molar-refractivity contribution in [3.8, 4) is 0 Å². The molecule has 0 aliphatic carbocycles. The van der Waals surface area contributed by atoms with Gasteiger partial charge in [-0.3, -0.25) is 0 Å². The van der Waals surface area contributed by atoms with E-state index in [4.69, 9.17) is 0 Å². The zero-order valence-electron chi connectivity index (χ0n) is 13.6. The van der Waals surface area contributed by atoms with E-state index in [1.807, 2.05) is 0 Å². The summed E-state index contributed by atoms with van der Waals surface area (Å²) in [5, 5.41) is 0. The molecule has 0 saturated carbocycles. The van der Waals surface area contributed by atoms with Crippen molar-refractivity contribution in [2.24, 2.45) is 5.92 Å². The van der Waals surface area contributed by atoms with Crippen LogP contribution >= 0.6 is 31.9 Å². The van der Waals surface area contributed by atoms with Gasteiger partial charge in [0.25, 0.3) is 0 Å². The Bertz CT molecular complexity index is 573. The van der Waals surface area contributed by atoms with E-state index < -0.39 is 0 Å². The molecule has 118 valence electrons. The molecular weight excluding hydrogens is 400 g/mol. The van der Waals surface area contributed by atoms with E-state index in [0.29, 0.717) is 5.92 Å². The molecule has 22 heavy (non-hydrogen) atoms. The Hall–Kier alpha value is -0.600. The van der Waals surface area contributed by atoms with Crippen LogP contribution in [0.3, 0.4) is 0 Å². The van der Waals surface area contributed by atoms with E-state index >= 15 is 0 Å². The standard InChI is InChI=1S/C20H24Br2/c1-4-8-15(5-2)20(3,16-9-6-11-18(21)13-16)17-10-7-12-19(22)14-17/h6-7,9-15H,4-5,8H2,1-3H3. The summed E-state index contributed by atoms with van der Waals surface area (Å²) in [6, 6.07) is 17.6. The highest BCUT2D eigenvalue weighted by Crippen LogP contribution is 2.44. The molecule has 0 fully saturated rings. The van der Waals surface area contributed by atoms with E-state index in [2.05, 4.69) is 101 Å². The Kier molecular flexibility index (Phi) is 6.28. The molecule has 0 radical (unpaired) electrons. The zero-order valence-corrected chi connectivity index (χ0v) is 16.7. The van der Waals surface area contributed by atoms with Crippen LogP contribution in [0.4, 0.5) is 0 Å². The molecule has 1 unspecified atom stereocenters. The van der Waals surface area contributed by atoms with Gasteiger partial charge in [0.05, 0.1) is 0 Å². The van der Waals surface area contributed by atoms with Gasteiger partial charge in [-0.25, -0.2) is 0 Å². The molecule has 0 aliphatic rings. The maximum absolute atomic E-state index is 3.64. The van der Waals surface area contributed by atoms with Gasteiger partial charge in [0, 0.05) is 14.4 Å². The Morgan fingerprint density at radius 2 is 1.41 bits per heavy atom. The molecule has 2 rings (SSSR count). The highest BCUT2D eigenvalue weighted by molar-refractivity contribution is 9.10. The minimum Gasteiger partial charge on any atom is -0.0654 e. The summed E-state index contributed by atoms with van der Waals surface area (Å²) in [5.41, 5.74) is 2.80. The average molecular weight is 424 g/mol. The van der Waals surface area contributed by atoms with Crippen molar-refractivity contribution in [1.29, 1.82) is 0 Å². The first-order valence-electron chi connectivity index (χ1n) is 8.04. The molecule has 0 saturated heterocycles. The van der Waals surface area contributed by atoms with Gasteiger partial charge in [0.2, 0.25) is 0 Å². The van der Waals surface area contributed by atoms with E-state index in [1.165, 1.54) is 30.4 Å². The first kappa shape index (κ1) is 17.7. The quantitative estimate of drug-likeness (QED) is 0.455. The molecule has 0 bridgehead atoms. The average Bonchev–Trinajstić information content (AvgIpc) is 2.52. The third kappa shape index (κ3) is 3.65. The van der Waals surface area contributed by atoms with Crippen LogP contribution in [0.15, 0.2) is 57.5 Å². The predicted octanol–water partition coefficient (Wildman–Crippen LogP) is 7.34. The van der Waals surface area contributed by atoms with Crippen molar-refractivity contribution < 1.29 is 0 Å². The van der Waals surface area contributed by atoms with Crippen molar-refractivity contribution in [2.75, 3.05) is 0 Å². The molecule has 2 aromatic carbocycles. The largest absolute Gasteiger partial charge is 0.0654 e. The Morgan fingerprint density at radius 3 is 1.77 bits per heavy atom. The molecule has 0 nitrogen and oxygen atoms in total. The van der Waals surface area contributed by atoms with Gasteiger partial charge in [-0.15, -0.1) is 0 Å². The fourth-order valence-corrected chi connectivity index (χ4v) is 4.31. The summed E-state index contributed by atoms with van der Waals surface area (Å²) < 4.78 is 2.30. The number of benzene rings is 2. The highest BCUT2D eigenvalue weighted by Gasteiger charge is 2.36. The Balaban J connectivity index is 2.62. The monoisotopic (exact) mass is 422 g/mol. The molecular formula is C20H24Br2. The second-order valence-electron chi connectivity index (χ2n) is 6.12. The highest BCUT2D eigenvalue weighted by atomic mass is 79.9. The maximum Gasteiger partial charge on any atom is 0.0203 e. The number of hydrogen-bond acceptors (Lipinski definition) is 0. The van der Waals surface area contributed by atoms with Gasteiger partial charge in [-0.05, 0) is 47.7 Å². The summed E-state index contributed by atoms with van der Waals surface area (Å²) in [5.74, 6) is 0.626. The van der Waals surface area contributed by atoms with Gasteiger partial charge >= 0.3 is 0 Å². The summed E-state index contributed by atoms with van der Waals surface area (Å²) in [6.07, 6.45) is 3.64. The molecule has 1 atom stereocenters. The molecule has 0 heterocycles. The summed E-state index contributed by atoms with van der Waals surface area (Å²) in [7, 11) is 0. The smallest absolute Gasteiger partial charge is 0.0203 e. The molecule has 0 aromatic heterocycles. The minimum atomic E-state index is 0.0261. The maximum atomic E-state index is 3.64. The normalized spacial score (nSPS) is 13.1. The molecule has 0 N–H and O–H groups in total. The third-order valence-corrected chi connectivity index (χ3v) is 5.78. The number of halogens is 2. The Labute approximate surface area is 151 Å². The molecule has 0 spiro atoms. The van der Waals surface area contributed by atoms with Crippen LogP contribution in [-0.2, 0) is 5.41 Å². The van der Waals surface area contributed by atoms with E-state index in [-0.39, 0.29) is 5.41 Å². The first-order chi connectivity index (χ1) is 10.5. The lowest BCUT2D eigenvalue weighted by Crippen LogP contribution is -2.33. The lowest BCUT2D eigenvalue weighted by molar-refractivity contribution is 0.311. The SMILES string of the molecule is CCCC(CC)C(C)(c1cccc(Br)c1)c1cccc(Br)c1. The number of hydrogen-bond donors (Lipinski definition) is 0. The molecule has 0 amide bonds. The van der Waals surface area contributed by atoms with Crippen molar-refractivity contribution >= 4 is 31.9 Å². The van der Waals surface area contributed by atoms with E-state index in [1.54, 1.807) is 0 Å². The summed E-state index contributed by atoms with van der Waals surface area (Å²) in [4.78, 5) is 0. The van der Waals surface area contributed by atoms with Gasteiger partial charge in [-0.1, -0.05) is 89.7 Å². The second kappa shape index (κ2) is 7.79. The van der Waals surface area contributed by atoms with Crippen LogP contribution in [0.25, 0.3) is 0 Å². The van der Waals surface area contributed by atoms with E-state index in [9.17, 15) is 0 Å². The van der Waals surface area contributed by atoms with Crippen molar-refractivity contribution in [3.63, 3.8) is 0 Å². The van der Waals surface area contributed by atoms with Crippen molar-refractivity contribution in [3.05, 3.63) is 68.6 Å². The van der Waals surface area contributed by atoms with Crippen LogP contribution in [0.2, 0.25) is 0 Å². The van der Waals surface area contributed by atoms with Crippen LogP contribution in [0.5, 0.6) is 0 Å². The van der Waals surface area contributed by atoms with Gasteiger partial charge in [0.1, 0.15) is 0 Å². The van der Waals surface area contributed by atoms with Crippen LogP contribution in [-0.4, -0.2) is 0 Å². The summed E-state index contributed by atoms with van der Waals surface area (Å²) >= 11 is 7.28. The fourth-order valence-electron chi connectivity index (χ4n) is 3.51. The third-order valence-electron chi connectivity index (χ3n) is 4.80. The topological polar surface area (TPSA) is 0 Å². The molecule has 2 heteroatoms. The van der Waals surface area contributed by atoms with Gasteiger partial charge in [0.15, 0.2) is 0 Å². The van der Waals surface area contributed by atoms with Crippen LogP contribution in [0.1, 0.15) is 51.2 Å². The Morgan fingerprint density at radius 1 is 0.909 bits per heavy atom. The second-order valence-corrected chi connectivity index (χ2v) is 7.95. The van der Waals surface area contributed by atoms with E-state index in [0.717, 1.165) is 8.95 Å². The molecule has 0 aliphatic heterocycles. The lowest BCUT2D eigenvalue weighted by Gasteiger charge is -2.39. The van der Waals surface area contributed by atoms with Gasteiger partial charge in [-0.2, -0.15) is 0 Å².